The molecule has 0 amide bonds. The maximum Gasteiger partial charge on any atom is 0.159 e. The summed E-state index contributed by atoms with van der Waals surface area (Å²) >= 11 is 0. The van der Waals surface area contributed by atoms with Crippen LogP contribution in [-0.4, -0.2) is 0 Å². The van der Waals surface area contributed by atoms with E-state index in [1.165, 1.54) is 27.5 Å². The number of benzene rings is 12. The van der Waals surface area contributed by atoms with Crippen molar-refractivity contribution in [1.82, 2.24) is 0 Å². The highest BCUT2D eigenvalue weighted by Gasteiger charge is 2.41. The zero-order valence-corrected chi connectivity index (χ0v) is 42.9. The molecule has 0 unspecified atom stereocenters. The lowest BCUT2D eigenvalue weighted by Gasteiger charge is -2.29. The number of para-hydroxylation sites is 3. The highest BCUT2D eigenvalue weighted by atomic mass is 16.3. The van der Waals surface area contributed by atoms with E-state index in [1.807, 2.05) is 18.2 Å². The molecule has 3 heterocycles. The number of fused-ring (bicyclic) bond motifs is 15. The topological polar surface area (TPSA) is 45.9 Å². The maximum atomic E-state index is 7.88. The first-order valence-electron chi connectivity index (χ1n) is 26.7. The molecule has 0 fully saturated rings. The van der Waals surface area contributed by atoms with Crippen molar-refractivity contribution in [2.75, 3.05) is 9.80 Å². The lowest BCUT2D eigenvalue weighted by Crippen LogP contribution is -2.17. The lowest BCUT2D eigenvalue weighted by atomic mass is 9.81. The molecule has 368 valence electrons. The molecule has 78 heavy (non-hydrogen) atoms. The minimum absolute atomic E-state index is 0.394. The van der Waals surface area contributed by atoms with Gasteiger partial charge in [0.1, 0.15) is 27.9 Å². The van der Waals surface area contributed by atoms with Gasteiger partial charge >= 0.3 is 0 Å². The number of furan rings is 3. The van der Waals surface area contributed by atoms with Gasteiger partial charge in [0.05, 0.1) is 16.8 Å². The zero-order valence-electron chi connectivity index (χ0n) is 42.9. The first kappa shape index (κ1) is 44.2. The van der Waals surface area contributed by atoms with Gasteiger partial charge in [0, 0.05) is 60.7 Å². The van der Waals surface area contributed by atoms with Crippen LogP contribution in [0.4, 0.5) is 34.1 Å². The number of rotatable bonds is 8. The van der Waals surface area contributed by atoms with Crippen LogP contribution >= 0.6 is 0 Å². The van der Waals surface area contributed by atoms with Crippen LogP contribution in [0.1, 0.15) is 25.0 Å². The molecule has 0 aliphatic heterocycles. The van der Waals surface area contributed by atoms with Crippen LogP contribution < -0.4 is 9.80 Å². The molecule has 5 heteroatoms. The van der Waals surface area contributed by atoms with Crippen LogP contribution in [-0.2, 0) is 5.41 Å². The third kappa shape index (κ3) is 6.68. The Morgan fingerprint density at radius 1 is 0.295 bits per heavy atom. The van der Waals surface area contributed by atoms with Crippen LogP contribution in [0.5, 0.6) is 0 Å². The van der Waals surface area contributed by atoms with E-state index >= 15 is 0 Å². The van der Waals surface area contributed by atoms with Gasteiger partial charge in [0.2, 0.25) is 0 Å². The Hall–Kier alpha value is -10.1. The quantitative estimate of drug-likeness (QED) is 0.152. The predicted molar refractivity (Wildman–Crippen MR) is 324 cm³/mol. The smallest absolute Gasteiger partial charge is 0.159 e. The van der Waals surface area contributed by atoms with Crippen LogP contribution in [0.15, 0.2) is 268 Å². The largest absolute Gasteiger partial charge is 0.456 e. The van der Waals surface area contributed by atoms with E-state index in [2.05, 4.69) is 260 Å². The van der Waals surface area contributed by atoms with Crippen molar-refractivity contribution in [2.24, 2.45) is 0 Å². The molecule has 0 radical (unpaired) electrons. The average Bonchev–Trinajstić information content (AvgIpc) is 4.37. The number of hydrogen-bond donors (Lipinski definition) is 0. The first-order valence-corrected chi connectivity index (χ1v) is 26.7. The summed E-state index contributed by atoms with van der Waals surface area (Å²) < 4.78 is 20.8. The van der Waals surface area contributed by atoms with Gasteiger partial charge in [-0.3, -0.25) is 0 Å². The van der Waals surface area contributed by atoms with Gasteiger partial charge in [0.15, 0.2) is 5.58 Å². The molecule has 16 rings (SSSR count). The normalized spacial score (nSPS) is 12.8. The minimum atomic E-state index is -0.394. The molecule has 0 saturated heterocycles. The number of anilines is 6. The summed E-state index contributed by atoms with van der Waals surface area (Å²) in [5.74, 6) is 0. The summed E-state index contributed by atoms with van der Waals surface area (Å²) in [4.78, 5) is 4.82. The van der Waals surface area contributed by atoms with Crippen LogP contribution in [0, 0.1) is 0 Å². The van der Waals surface area contributed by atoms with Gasteiger partial charge in [0.25, 0.3) is 0 Å². The maximum absolute atomic E-state index is 7.88. The molecular formula is C73H48N2O3. The predicted octanol–water partition coefficient (Wildman–Crippen LogP) is 21.1. The molecule has 1 aliphatic rings. The monoisotopic (exact) mass is 1000 g/mol. The van der Waals surface area contributed by atoms with E-state index in [1.54, 1.807) is 0 Å². The highest BCUT2D eigenvalue weighted by molar-refractivity contribution is 6.23. The van der Waals surface area contributed by atoms with Crippen molar-refractivity contribution in [1.29, 1.82) is 0 Å². The molecule has 12 aromatic carbocycles. The summed E-state index contributed by atoms with van der Waals surface area (Å²) in [7, 11) is 0. The van der Waals surface area contributed by atoms with E-state index in [4.69, 9.17) is 13.3 Å². The van der Waals surface area contributed by atoms with E-state index in [-0.39, 0.29) is 0 Å². The van der Waals surface area contributed by atoms with Gasteiger partial charge in [-0.1, -0.05) is 184 Å². The Labute approximate surface area is 450 Å². The van der Waals surface area contributed by atoms with E-state index in [0.717, 1.165) is 128 Å². The Bertz CT molecular complexity index is 4910. The molecule has 0 bridgehead atoms. The van der Waals surface area contributed by atoms with Crippen molar-refractivity contribution in [3.63, 3.8) is 0 Å². The van der Waals surface area contributed by atoms with E-state index in [9.17, 15) is 0 Å². The van der Waals surface area contributed by atoms with Crippen molar-refractivity contribution < 1.29 is 13.3 Å². The van der Waals surface area contributed by atoms with Gasteiger partial charge in [-0.25, -0.2) is 0 Å². The third-order valence-electron chi connectivity index (χ3n) is 16.4. The van der Waals surface area contributed by atoms with Gasteiger partial charge in [-0.15, -0.1) is 0 Å². The Kier molecular flexibility index (Phi) is 9.61. The van der Waals surface area contributed by atoms with Gasteiger partial charge < -0.3 is 23.1 Å². The van der Waals surface area contributed by atoms with Crippen LogP contribution in [0.25, 0.3) is 110 Å². The molecule has 15 aromatic rings. The van der Waals surface area contributed by atoms with E-state index < -0.39 is 5.41 Å². The molecule has 3 aromatic heterocycles. The Morgan fingerprint density at radius 2 is 0.782 bits per heavy atom. The molecule has 0 atom stereocenters. The fraction of sp³-hybridized carbons (Fsp3) is 0.0411. The van der Waals surface area contributed by atoms with Gasteiger partial charge in [-0.05, 0) is 135 Å². The average molecular weight is 1000 g/mol. The summed E-state index contributed by atoms with van der Waals surface area (Å²) in [6, 6.07) is 91.4. The Balaban J connectivity index is 1.03. The van der Waals surface area contributed by atoms with Crippen LogP contribution in [0.2, 0.25) is 0 Å². The summed E-state index contributed by atoms with van der Waals surface area (Å²) in [6.07, 6.45) is 0. The summed E-state index contributed by atoms with van der Waals surface area (Å²) in [5, 5.41) is 8.68. The highest BCUT2D eigenvalue weighted by Crippen LogP contribution is 2.59. The molecule has 1 aliphatic carbocycles. The first-order chi connectivity index (χ1) is 38.4. The van der Waals surface area contributed by atoms with Crippen molar-refractivity contribution in [3.05, 3.63) is 266 Å². The molecule has 0 saturated carbocycles. The molecule has 0 spiro atoms. The molecule has 0 N–H and O–H groups in total. The fourth-order valence-corrected chi connectivity index (χ4v) is 12.7. The van der Waals surface area contributed by atoms with Crippen LogP contribution in [0.3, 0.4) is 0 Å². The minimum Gasteiger partial charge on any atom is -0.456 e. The molecular weight excluding hydrogens is 953 g/mol. The number of nitrogens with zero attached hydrogens (tertiary/aromatic N) is 2. The second-order valence-electron chi connectivity index (χ2n) is 21.2. The van der Waals surface area contributed by atoms with Gasteiger partial charge in [-0.2, -0.15) is 0 Å². The lowest BCUT2D eigenvalue weighted by molar-refractivity contribution is 0.653. The van der Waals surface area contributed by atoms with E-state index in [0.29, 0.717) is 0 Å². The second kappa shape index (κ2) is 17.0. The third-order valence-corrected chi connectivity index (χ3v) is 16.4. The molecule has 5 nitrogen and oxygen atoms in total. The van der Waals surface area contributed by atoms with Crippen molar-refractivity contribution in [2.45, 2.75) is 19.3 Å². The SMILES string of the molecule is CC1(C)c2ccc3ccccc3c2-c2c1cc(N(c1cccc(-c3ccccc3)c1)c1ccc3oc4ccccc4c3c1)c1c2oc2c(N(c3cccc(-c4ccccc4)c3)c3ccc4oc5ccccc5c4c3)cccc21. The standard InChI is InChI=1S/C73H48N2O3/c1-73(2)60-37-34-47-22-9-10-27-54(47)68(60)70-61(73)44-63(75(51-26-16-24-49(41-51)46-20-7-4-8-21-46)53-36-39-67-59(43-53)56-29-12-14-33-65(56)77-67)69-57-30-17-31-62(71(57)78-72(69)70)74(50-25-15-23-48(40-50)45-18-5-3-6-19-45)52-35-38-66-58(42-52)55-28-11-13-32-64(55)76-66/h3-44H,1-2H3. The van der Waals surface area contributed by atoms with Crippen molar-refractivity contribution >= 4 is 111 Å². The summed E-state index contributed by atoms with van der Waals surface area (Å²) in [5.41, 5.74) is 20.0. The fourth-order valence-electron chi connectivity index (χ4n) is 12.7. The van der Waals surface area contributed by atoms with Crippen molar-refractivity contribution in [3.8, 4) is 33.4 Å². The Morgan fingerprint density at radius 3 is 1.40 bits per heavy atom. The summed E-state index contributed by atoms with van der Waals surface area (Å²) in [6.45, 7) is 4.74. The number of hydrogen-bond acceptors (Lipinski definition) is 5. The zero-order chi connectivity index (χ0) is 51.6. The second-order valence-corrected chi connectivity index (χ2v) is 21.2.